The molecule has 0 atom stereocenters. The summed E-state index contributed by atoms with van der Waals surface area (Å²) in [6.07, 6.45) is 5.21. The molecule has 0 saturated heterocycles. The van der Waals surface area contributed by atoms with Crippen LogP contribution >= 0.6 is 11.6 Å². The predicted molar refractivity (Wildman–Crippen MR) is 71.8 cm³/mol. The number of hydrogen-bond acceptors (Lipinski definition) is 2. The SMILES string of the molecule is COc1cc(Cl)c(F)c(C2(CN)CCCCC2)c1. The van der Waals surface area contributed by atoms with E-state index in [4.69, 9.17) is 22.1 Å². The lowest BCUT2D eigenvalue weighted by molar-refractivity contribution is 0.290. The fourth-order valence-corrected chi connectivity index (χ4v) is 3.09. The van der Waals surface area contributed by atoms with Gasteiger partial charge in [0.1, 0.15) is 11.6 Å². The maximum atomic E-state index is 14.3. The van der Waals surface area contributed by atoms with Gasteiger partial charge in [0, 0.05) is 23.6 Å². The molecule has 0 heterocycles. The number of halogens is 2. The second-order valence-electron chi connectivity index (χ2n) is 5.02. The topological polar surface area (TPSA) is 35.2 Å². The average molecular weight is 272 g/mol. The van der Waals surface area contributed by atoms with Gasteiger partial charge in [-0.2, -0.15) is 0 Å². The minimum absolute atomic E-state index is 0.114. The molecule has 1 saturated carbocycles. The molecule has 0 aliphatic heterocycles. The lowest BCUT2D eigenvalue weighted by Gasteiger charge is -2.37. The second-order valence-corrected chi connectivity index (χ2v) is 5.42. The first-order chi connectivity index (χ1) is 8.63. The summed E-state index contributed by atoms with van der Waals surface area (Å²) in [5.41, 5.74) is 6.27. The highest BCUT2D eigenvalue weighted by Gasteiger charge is 2.35. The zero-order chi connectivity index (χ0) is 13.2. The van der Waals surface area contributed by atoms with Crippen LogP contribution < -0.4 is 10.5 Å². The molecule has 0 spiro atoms. The molecule has 0 radical (unpaired) electrons. The standard InChI is InChI=1S/C14H19ClFNO/c1-18-10-7-11(13(16)12(15)8-10)14(9-17)5-3-2-4-6-14/h7-8H,2-6,9,17H2,1H3. The van der Waals surface area contributed by atoms with Crippen LogP contribution in [0.5, 0.6) is 5.75 Å². The second kappa shape index (κ2) is 5.45. The Morgan fingerprint density at radius 2 is 2.00 bits per heavy atom. The van der Waals surface area contributed by atoms with Gasteiger partial charge in [-0.15, -0.1) is 0 Å². The van der Waals surface area contributed by atoms with Gasteiger partial charge in [0.15, 0.2) is 0 Å². The summed E-state index contributed by atoms with van der Waals surface area (Å²) in [7, 11) is 1.56. The van der Waals surface area contributed by atoms with Crippen LogP contribution in [0.1, 0.15) is 37.7 Å². The predicted octanol–water partition coefficient (Wildman–Crippen LogP) is 3.65. The Labute approximate surface area is 112 Å². The van der Waals surface area contributed by atoms with E-state index in [0.29, 0.717) is 17.9 Å². The first-order valence-corrected chi connectivity index (χ1v) is 6.74. The molecule has 2 nitrogen and oxygen atoms in total. The summed E-state index contributed by atoms with van der Waals surface area (Å²) in [5, 5.41) is 0.114. The van der Waals surface area contributed by atoms with Crippen LogP contribution in [0.2, 0.25) is 5.02 Å². The lowest BCUT2D eigenvalue weighted by atomic mass is 9.69. The van der Waals surface area contributed by atoms with Crippen molar-refractivity contribution in [2.45, 2.75) is 37.5 Å². The average Bonchev–Trinajstić information content (AvgIpc) is 2.42. The lowest BCUT2D eigenvalue weighted by Crippen LogP contribution is -2.38. The first-order valence-electron chi connectivity index (χ1n) is 6.36. The van der Waals surface area contributed by atoms with E-state index in [1.165, 1.54) is 12.5 Å². The molecule has 0 unspecified atom stereocenters. The summed E-state index contributed by atoms with van der Waals surface area (Å²) < 4.78 is 19.5. The number of benzene rings is 1. The van der Waals surface area contributed by atoms with E-state index in [2.05, 4.69) is 0 Å². The van der Waals surface area contributed by atoms with Crippen LogP contribution in [0, 0.1) is 5.82 Å². The van der Waals surface area contributed by atoms with Gasteiger partial charge in [-0.1, -0.05) is 30.9 Å². The van der Waals surface area contributed by atoms with Crippen LogP contribution in [-0.2, 0) is 5.41 Å². The minimum atomic E-state index is -0.343. The van der Waals surface area contributed by atoms with Gasteiger partial charge in [0.05, 0.1) is 12.1 Å². The Balaban J connectivity index is 2.50. The number of methoxy groups -OCH3 is 1. The van der Waals surface area contributed by atoms with Crippen LogP contribution in [0.4, 0.5) is 4.39 Å². The van der Waals surface area contributed by atoms with Gasteiger partial charge >= 0.3 is 0 Å². The van der Waals surface area contributed by atoms with Crippen molar-refractivity contribution in [3.8, 4) is 5.75 Å². The van der Waals surface area contributed by atoms with E-state index >= 15 is 0 Å². The van der Waals surface area contributed by atoms with E-state index in [9.17, 15) is 4.39 Å². The molecule has 1 fully saturated rings. The van der Waals surface area contributed by atoms with Crippen molar-refractivity contribution in [1.82, 2.24) is 0 Å². The zero-order valence-corrected chi connectivity index (χ0v) is 11.4. The smallest absolute Gasteiger partial charge is 0.145 e. The molecular weight excluding hydrogens is 253 g/mol. The summed E-state index contributed by atoms with van der Waals surface area (Å²) in [5.74, 6) is 0.250. The summed E-state index contributed by atoms with van der Waals surface area (Å²) in [6, 6.07) is 3.26. The molecule has 2 N–H and O–H groups in total. The van der Waals surface area contributed by atoms with Gasteiger partial charge in [-0.25, -0.2) is 4.39 Å². The van der Waals surface area contributed by atoms with Crippen LogP contribution in [0.15, 0.2) is 12.1 Å². The van der Waals surface area contributed by atoms with E-state index in [1.54, 1.807) is 13.2 Å². The van der Waals surface area contributed by atoms with Crippen molar-refractivity contribution in [1.29, 1.82) is 0 Å². The van der Waals surface area contributed by atoms with Crippen LogP contribution in [-0.4, -0.2) is 13.7 Å². The van der Waals surface area contributed by atoms with E-state index < -0.39 is 0 Å². The molecule has 1 aliphatic carbocycles. The third kappa shape index (κ3) is 2.34. The van der Waals surface area contributed by atoms with Gasteiger partial charge in [-0.05, 0) is 18.9 Å². The van der Waals surface area contributed by atoms with Crippen molar-refractivity contribution in [3.63, 3.8) is 0 Å². The normalized spacial score (nSPS) is 18.7. The molecule has 1 aromatic rings. The van der Waals surface area contributed by atoms with Gasteiger partial charge < -0.3 is 10.5 Å². The Hall–Kier alpha value is -0.800. The molecule has 18 heavy (non-hydrogen) atoms. The van der Waals surface area contributed by atoms with Gasteiger partial charge in [-0.3, -0.25) is 0 Å². The summed E-state index contributed by atoms with van der Waals surface area (Å²) in [6.45, 7) is 0.452. The third-order valence-corrected chi connectivity index (χ3v) is 4.29. The van der Waals surface area contributed by atoms with Crippen molar-refractivity contribution in [2.24, 2.45) is 5.73 Å². The molecule has 0 aromatic heterocycles. The van der Waals surface area contributed by atoms with Gasteiger partial charge in [0.2, 0.25) is 0 Å². The van der Waals surface area contributed by atoms with Crippen LogP contribution in [0.25, 0.3) is 0 Å². The number of ether oxygens (including phenoxy) is 1. The first kappa shape index (κ1) is 13.6. The highest BCUT2D eigenvalue weighted by Crippen LogP contribution is 2.42. The largest absolute Gasteiger partial charge is 0.497 e. The Morgan fingerprint density at radius 3 is 2.56 bits per heavy atom. The quantitative estimate of drug-likeness (QED) is 0.911. The number of nitrogens with two attached hydrogens (primary N) is 1. The van der Waals surface area contributed by atoms with Crippen LogP contribution in [0.3, 0.4) is 0 Å². The van der Waals surface area contributed by atoms with E-state index in [1.807, 2.05) is 0 Å². The third-order valence-electron chi connectivity index (χ3n) is 4.01. The van der Waals surface area contributed by atoms with E-state index in [-0.39, 0.29) is 16.3 Å². The Kier molecular flexibility index (Phi) is 4.13. The van der Waals surface area contributed by atoms with Crippen molar-refractivity contribution in [3.05, 3.63) is 28.5 Å². The monoisotopic (exact) mass is 271 g/mol. The molecule has 1 aromatic carbocycles. The number of rotatable bonds is 3. The van der Waals surface area contributed by atoms with Gasteiger partial charge in [0.25, 0.3) is 0 Å². The van der Waals surface area contributed by atoms with Crippen molar-refractivity contribution < 1.29 is 9.13 Å². The molecule has 100 valence electrons. The molecule has 4 heteroatoms. The molecule has 1 aliphatic rings. The zero-order valence-electron chi connectivity index (χ0n) is 10.6. The minimum Gasteiger partial charge on any atom is -0.497 e. The molecule has 0 bridgehead atoms. The Morgan fingerprint density at radius 1 is 1.33 bits per heavy atom. The summed E-state index contributed by atoms with van der Waals surface area (Å²) >= 11 is 5.94. The fraction of sp³-hybridized carbons (Fsp3) is 0.571. The summed E-state index contributed by atoms with van der Waals surface area (Å²) in [4.78, 5) is 0. The number of hydrogen-bond donors (Lipinski definition) is 1. The highest BCUT2D eigenvalue weighted by atomic mass is 35.5. The maximum Gasteiger partial charge on any atom is 0.145 e. The highest BCUT2D eigenvalue weighted by molar-refractivity contribution is 6.31. The molecule has 0 amide bonds. The van der Waals surface area contributed by atoms with Crippen molar-refractivity contribution in [2.75, 3.05) is 13.7 Å². The van der Waals surface area contributed by atoms with Crippen molar-refractivity contribution >= 4 is 11.6 Å². The fourth-order valence-electron chi connectivity index (χ4n) is 2.88. The Bertz CT molecular complexity index is 430. The molecular formula is C14H19ClFNO. The molecule has 2 rings (SSSR count). The van der Waals surface area contributed by atoms with E-state index in [0.717, 1.165) is 25.7 Å². The maximum absolute atomic E-state index is 14.3.